The lowest BCUT2D eigenvalue weighted by molar-refractivity contribution is 0.440. The summed E-state index contributed by atoms with van der Waals surface area (Å²) in [5, 5.41) is 5.46. The number of hydrogen-bond acceptors (Lipinski definition) is 3. The summed E-state index contributed by atoms with van der Waals surface area (Å²) >= 11 is 1.65. The molecule has 142 valence electrons. The number of thiazole rings is 1. The van der Waals surface area contributed by atoms with Crippen LogP contribution in [-0.4, -0.2) is 39.9 Å². The van der Waals surface area contributed by atoms with Crippen LogP contribution in [-0.2, 0) is 6.54 Å². The van der Waals surface area contributed by atoms with E-state index in [2.05, 4.69) is 69.1 Å². The van der Waals surface area contributed by atoms with E-state index in [9.17, 15) is 0 Å². The molecule has 0 bridgehead atoms. The molecule has 0 spiro atoms. The maximum absolute atomic E-state index is 4.81. The molecule has 0 fully saturated rings. The summed E-state index contributed by atoms with van der Waals surface area (Å²) < 4.78 is 2.05. The molecule has 0 saturated heterocycles. The van der Waals surface area contributed by atoms with E-state index in [0.717, 1.165) is 42.7 Å². The van der Waals surface area contributed by atoms with Crippen molar-refractivity contribution in [3.63, 3.8) is 0 Å². The Morgan fingerprint density at radius 3 is 2.85 bits per heavy atom. The molecule has 0 aliphatic carbocycles. The molecule has 3 aromatic rings. The molecule has 1 aliphatic rings. The van der Waals surface area contributed by atoms with Crippen LogP contribution in [0.5, 0.6) is 0 Å². The summed E-state index contributed by atoms with van der Waals surface area (Å²) in [5.41, 5.74) is 3.75. The van der Waals surface area contributed by atoms with Crippen molar-refractivity contribution in [3.8, 4) is 0 Å². The van der Waals surface area contributed by atoms with Gasteiger partial charge in [-0.3, -0.25) is 4.40 Å². The molecule has 1 aliphatic heterocycles. The van der Waals surface area contributed by atoms with Gasteiger partial charge in [0, 0.05) is 37.4 Å². The molecule has 0 atom stereocenters. The largest absolute Gasteiger partial charge is 0.356 e. The number of imidazole rings is 1. The number of fused-ring (bicyclic) bond motifs is 1. The van der Waals surface area contributed by atoms with Gasteiger partial charge in [-0.05, 0) is 24.5 Å². The maximum Gasteiger partial charge on any atom is 0.194 e. The van der Waals surface area contributed by atoms with Crippen molar-refractivity contribution in [1.29, 1.82) is 0 Å². The minimum atomic E-state index is 0. The molecule has 0 unspecified atom stereocenters. The lowest BCUT2D eigenvalue weighted by Gasteiger charge is -2.29. The van der Waals surface area contributed by atoms with Gasteiger partial charge in [0.15, 0.2) is 10.9 Å². The minimum Gasteiger partial charge on any atom is -0.356 e. The third-order valence-electron chi connectivity index (χ3n) is 4.52. The Hall–Kier alpha value is -1.87. The predicted molar refractivity (Wildman–Crippen MR) is 124 cm³/mol. The van der Waals surface area contributed by atoms with Crippen LogP contribution in [0.3, 0.4) is 0 Å². The highest BCUT2D eigenvalue weighted by Gasteiger charge is 2.16. The Bertz CT molecular complexity index is 900. The number of benzene rings is 1. The van der Waals surface area contributed by atoms with Gasteiger partial charge in [0.1, 0.15) is 0 Å². The summed E-state index contributed by atoms with van der Waals surface area (Å²) in [7, 11) is 0. The standard InChI is InChI=1S/C20H23N5S.HI/c1-2-21-19(22-14-18-15-25-12-13-26-20(25)23-18)24-10-8-17(9-11-24)16-6-4-3-5-7-16;/h3-8,12-13,15H,2,9-11,14H2,1H3,(H,21,22);1H. The van der Waals surface area contributed by atoms with E-state index in [1.165, 1.54) is 11.1 Å². The lowest BCUT2D eigenvalue weighted by atomic mass is 10.00. The molecule has 27 heavy (non-hydrogen) atoms. The highest BCUT2D eigenvalue weighted by molar-refractivity contribution is 14.0. The molecule has 7 heteroatoms. The first-order chi connectivity index (χ1) is 12.8. The van der Waals surface area contributed by atoms with Gasteiger partial charge in [0.05, 0.1) is 12.2 Å². The normalized spacial score (nSPS) is 14.8. The van der Waals surface area contributed by atoms with Crippen molar-refractivity contribution in [2.24, 2.45) is 4.99 Å². The number of guanidine groups is 1. The number of halogens is 1. The summed E-state index contributed by atoms with van der Waals surface area (Å²) in [4.78, 5) is 12.8. The molecule has 0 saturated carbocycles. The second kappa shape index (κ2) is 9.36. The molecule has 0 amide bonds. The fourth-order valence-electron chi connectivity index (χ4n) is 3.21. The van der Waals surface area contributed by atoms with E-state index in [1.54, 1.807) is 11.3 Å². The molecule has 1 aromatic carbocycles. The average Bonchev–Trinajstić information content (AvgIpc) is 3.28. The Morgan fingerprint density at radius 1 is 1.30 bits per heavy atom. The number of nitrogens with zero attached hydrogens (tertiary/aromatic N) is 4. The summed E-state index contributed by atoms with van der Waals surface area (Å²) in [6.45, 7) is 5.43. The molecule has 0 radical (unpaired) electrons. The van der Waals surface area contributed by atoms with Gasteiger partial charge in [-0.1, -0.05) is 36.4 Å². The molecule has 5 nitrogen and oxygen atoms in total. The summed E-state index contributed by atoms with van der Waals surface area (Å²) in [5.74, 6) is 0.965. The van der Waals surface area contributed by atoms with Crippen molar-refractivity contribution in [2.45, 2.75) is 19.9 Å². The van der Waals surface area contributed by atoms with Crippen LogP contribution in [0.1, 0.15) is 24.6 Å². The van der Waals surface area contributed by atoms with E-state index < -0.39 is 0 Å². The number of rotatable bonds is 4. The van der Waals surface area contributed by atoms with Gasteiger partial charge in [-0.25, -0.2) is 9.98 Å². The first kappa shape index (κ1) is 19.9. The van der Waals surface area contributed by atoms with E-state index in [0.29, 0.717) is 6.54 Å². The fourth-order valence-corrected chi connectivity index (χ4v) is 3.93. The Kier molecular flexibility index (Phi) is 6.89. The van der Waals surface area contributed by atoms with Crippen molar-refractivity contribution in [2.75, 3.05) is 19.6 Å². The SMILES string of the molecule is CCNC(=NCc1cn2ccsc2n1)N1CC=C(c2ccccc2)CC1.I. The van der Waals surface area contributed by atoms with Gasteiger partial charge in [0.25, 0.3) is 0 Å². The van der Waals surface area contributed by atoms with Crippen LogP contribution in [0, 0.1) is 0 Å². The van der Waals surface area contributed by atoms with Crippen LogP contribution in [0.25, 0.3) is 10.5 Å². The highest BCUT2D eigenvalue weighted by atomic mass is 127. The Morgan fingerprint density at radius 2 is 2.15 bits per heavy atom. The Labute approximate surface area is 180 Å². The number of hydrogen-bond donors (Lipinski definition) is 1. The highest BCUT2D eigenvalue weighted by Crippen LogP contribution is 2.22. The van der Waals surface area contributed by atoms with Crippen LogP contribution in [0.2, 0.25) is 0 Å². The predicted octanol–water partition coefficient (Wildman–Crippen LogP) is 4.27. The zero-order chi connectivity index (χ0) is 17.8. The number of nitrogens with one attached hydrogen (secondary N) is 1. The van der Waals surface area contributed by atoms with E-state index in [-0.39, 0.29) is 24.0 Å². The van der Waals surface area contributed by atoms with E-state index in [4.69, 9.17) is 4.99 Å². The monoisotopic (exact) mass is 493 g/mol. The molecule has 3 heterocycles. The third kappa shape index (κ3) is 4.70. The second-order valence-electron chi connectivity index (χ2n) is 6.29. The zero-order valence-corrected chi connectivity index (χ0v) is 18.5. The summed E-state index contributed by atoms with van der Waals surface area (Å²) in [6.07, 6.45) is 7.45. The second-order valence-corrected chi connectivity index (χ2v) is 7.16. The first-order valence-corrected chi connectivity index (χ1v) is 9.90. The first-order valence-electron chi connectivity index (χ1n) is 9.02. The van der Waals surface area contributed by atoms with Gasteiger partial charge in [0.2, 0.25) is 0 Å². The van der Waals surface area contributed by atoms with Crippen molar-refractivity contribution in [3.05, 3.63) is 65.4 Å². The molecule has 1 N–H and O–H groups in total. The number of aromatic nitrogens is 2. The lowest BCUT2D eigenvalue weighted by Crippen LogP contribution is -2.43. The van der Waals surface area contributed by atoms with Crippen LogP contribution in [0.15, 0.2) is 59.2 Å². The van der Waals surface area contributed by atoms with Crippen LogP contribution in [0.4, 0.5) is 0 Å². The quantitative estimate of drug-likeness (QED) is 0.336. The fraction of sp³-hybridized carbons (Fsp3) is 0.300. The Balaban J connectivity index is 0.00000210. The molecule has 4 rings (SSSR count). The minimum absolute atomic E-state index is 0. The summed E-state index contributed by atoms with van der Waals surface area (Å²) in [6, 6.07) is 10.6. The molecular formula is C20H24IN5S. The smallest absolute Gasteiger partial charge is 0.194 e. The van der Waals surface area contributed by atoms with Crippen LogP contribution >= 0.6 is 35.3 Å². The molecular weight excluding hydrogens is 469 g/mol. The maximum atomic E-state index is 4.81. The zero-order valence-electron chi connectivity index (χ0n) is 15.3. The van der Waals surface area contributed by atoms with Gasteiger partial charge in [-0.2, -0.15) is 0 Å². The average molecular weight is 493 g/mol. The molecule has 2 aromatic heterocycles. The van der Waals surface area contributed by atoms with Gasteiger partial charge < -0.3 is 10.2 Å². The number of aliphatic imine (C=N–C) groups is 1. The van der Waals surface area contributed by atoms with Crippen molar-refractivity contribution in [1.82, 2.24) is 19.6 Å². The topological polar surface area (TPSA) is 44.9 Å². The van der Waals surface area contributed by atoms with Gasteiger partial charge in [-0.15, -0.1) is 35.3 Å². The van der Waals surface area contributed by atoms with Crippen molar-refractivity contribution >= 4 is 51.8 Å². The van der Waals surface area contributed by atoms with Crippen molar-refractivity contribution < 1.29 is 0 Å². The van der Waals surface area contributed by atoms with E-state index >= 15 is 0 Å². The van der Waals surface area contributed by atoms with E-state index in [1.807, 2.05) is 11.6 Å². The third-order valence-corrected chi connectivity index (χ3v) is 5.29. The van der Waals surface area contributed by atoms with Crippen LogP contribution < -0.4 is 5.32 Å². The van der Waals surface area contributed by atoms with Gasteiger partial charge >= 0.3 is 0 Å².